The lowest BCUT2D eigenvalue weighted by atomic mass is 9.70. The van der Waals surface area contributed by atoms with Crippen LogP contribution in [0.1, 0.15) is 33.7 Å². The van der Waals surface area contributed by atoms with E-state index in [-0.39, 0.29) is 0 Å². The Balaban J connectivity index is 1.04. The second-order valence-electron chi connectivity index (χ2n) is 11.4. The molecule has 0 fully saturated rings. The molecule has 0 radical (unpaired) electrons. The van der Waals surface area contributed by atoms with Crippen LogP contribution >= 0.6 is 0 Å². The fraction of sp³-hybridized carbons (Fsp3) is 0.0476. The maximum Gasteiger partial charge on any atom is 0.0462 e. The van der Waals surface area contributed by atoms with Gasteiger partial charge in [-0.3, -0.25) is 0 Å². The third-order valence-corrected chi connectivity index (χ3v) is 8.78. The van der Waals surface area contributed by atoms with E-state index in [0.717, 1.165) is 23.5 Å². The molecule has 8 rings (SSSR count). The van der Waals surface area contributed by atoms with Crippen molar-refractivity contribution in [2.45, 2.75) is 12.3 Å². The maximum atomic E-state index is 2.40. The number of allylic oxidation sites excluding steroid dienone is 7. The summed E-state index contributed by atoms with van der Waals surface area (Å²) in [6, 6.07) is 43.4. The van der Waals surface area contributed by atoms with Crippen LogP contribution in [0.5, 0.6) is 0 Å². The maximum absolute atomic E-state index is 2.40. The van der Waals surface area contributed by atoms with E-state index in [9.17, 15) is 0 Å². The summed E-state index contributed by atoms with van der Waals surface area (Å²) in [7, 11) is 0. The van der Waals surface area contributed by atoms with Crippen molar-refractivity contribution >= 4 is 35.3 Å². The summed E-state index contributed by atoms with van der Waals surface area (Å²) < 4.78 is 0. The van der Waals surface area contributed by atoms with Gasteiger partial charge >= 0.3 is 0 Å². The minimum absolute atomic E-state index is 0.384. The molecule has 3 aliphatic rings. The number of anilines is 3. The third kappa shape index (κ3) is 4.70. The average Bonchev–Trinajstić information content (AvgIpc) is 3.08. The molecule has 0 aliphatic heterocycles. The summed E-state index contributed by atoms with van der Waals surface area (Å²) in [6.45, 7) is 0. The molecule has 0 N–H and O–H groups in total. The Bertz CT molecular complexity index is 1910. The largest absolute Gasteiger partial charge is 0.311 e. The molecule has 0 aromatic heterocycles. The molecule has 0 spiro atoms. The molecule has 1 heteroatoms. The number of benzene rings is 5. The first kappa shape index (κ1) is 25.3. The van der Waals surface area contributed by atoms with Gasteiger partial charge in [0.05, 0.1) is 0 Å². The molecule has 0 saturated carbocycles. The van der Waals surface area contributed by atoms with Crippen LogP contribution in [0.2, 0.25) is 0 Å². The zero-order chi connectivity index (χ0) is 28.6. The molecule has 204 valence electrons. The Hall–Kier alpha value is -5.40. The fourth-order valence-electron chi connectivity index (χ4n) is 6.67. The number of para-hydroxylation sites is 2. The smallest absolute Gasteiger partial charge is 0.0462 e. The van der Waals surface area contributed by atoms with Crippen molar-refractivity contribution in [2.24, 2.45) is 0 Å². The summed E-state index contributed by atoms with van der Waals surface area (Å²) in [5.41, 5.74) is 15.5. The first-order valence-corrected chi connectivity index (χ1v) is 15.0. The number of hydrogen-bond acceptors (Lipinski definition) is 1. The van der Waals surface area contributed by atoms with E-state index in [2.05, 4.69) is 175 Å². The molecule has 0 heterocycles. The minimum Gasteiger partial charge on any atom is -0.311 e. The van der Waals surface area contributed by atoms with Gasteiger partial charge in [-0.15, -0.1) is 0 Å². The second kappa shape index (κ2) is 10.8. The Morgan fingerprint density at radius 2 is 1.19 bits per heavy atom. The standard InChI is InChI=1S/C42H31N/c1-3-10-36(11-4-1)43(37-12-5-2-6-13-37)38-26-18-31(19-27-38)15-14-30-16-20-32(21-17-30)39-28-24-35-23-22-33-8-7-9-34-25-29-40(39)42(35)41(33)34/h1-22,24-29,41H,23H2/b15-14+. The van der Waals surface area contributed by atoms with Gasteiger partial charge in [-0.25, -0.2) is 0 Å². The van der Waals surface area contributed by atoms with E-state index >= 15 is 0 Å². The van der Waals surface area contributed by atoms with Crippen molar-refractivity contribution in [1.82, 2.24) is 0 Å². The topological polar surface area (TPSA) is 3.24 Å². The van der Waals surface area contributed by atoms with Gasteiger partial charge in [0.2, 0.25) is 0 Å². The van der Waals surface area contributed by atoms with Crippen LogP contribution in [0.25, 0.3) is 29.4 Å². The van der Waals surface area contributed by atoms with Gasteiger partial charge in [-0.1, -0.05) is 134 Å². The highest BCUT2D eigenvalue weighted by atomic mass is 15.1. The van der Waals surface area contributed by atoms with Crippen LogP contribution in [0.4, 0.5) is 17.1 Å². The van der Waals surface area contributed by atoms with Gasteiger partial charge < -0.3 is 4.90 Å². The summed E-state index contributed by atoms with van der Waals surface area (Å²) in [5.74, 6) is 0.384. The molecular formula is C42H31N. The molecule has 0 amide bonds. The van der Waals surface area contributed by atoms with Crippen molar-refractivity contribution in [3.05, 3.63) is 191 Å². The highest BCUT2D eigenvalue weighted by molar-refractivity contribution is 5.84. The zero-order valence-electron chi connectivity index (χ0n) is 23.9. The average molecular weight is 550 g/mol. The van der Waals surface area contributed by atoms with Crippen molar-refractivity contribution in [1.29, 1.82) is 0 Å². The molecular weight excluding hydrogens is 518 g/mol. The fourth-order valence-corrected chi connectivity index (χ4v) is 6.67. The van der Waals surface area contributed by atoms with E-state index in [4.69, 9.17) is 0 Å². The van der Waals surface area contributed by atoms with E-state index < -0.39 is 0 Å². The first-order valence-electron chi connectivity index (χ1n) is 15.0. The molecule has 0 bridgehead atoms. The molecule has 1 atom stereocenters. The lowest BCUT2D eigenvalue weighted by molar-refractivity contribution is 0.893. The highest BCUT2D eigenvalue weighted by Crippen LogP contribution is 2.48. The van der Waals surface area contributed by atoms with Crippen LogP contribution in [-0.2, 0) is 6.42 Å². The SMILES string of the molecule is C1=CC2=CCc3ccc(-c4ccc(/C=C/c5ccc(N(c6ccccc6)c6ccccc6)cc5)cc4)c4c3C2C(=C1)C=C4. The van der Waals surface area contributed by atoms with Crippen LogP contribution in [0, 0.1) is 0 Å². The van der Waals surface area contributed by atoms with E-state index in [1.54, 1.807) is 0 Å². The molecule has 43 heavy (non-hydrogen) atoms. The van der Waals surface area contributed by atoms with Crippen LogP contribution in [0.15, 0.2) is 163 Å². The molecule has 1 nitrogen and oxygen atoms in total. The van der Waals surface area contributed by atoms with Gasteiger partial charge in [-0.2, -0.15) is 0 Å². The number of rotatable bonds is 6. The van der Waals surface area contributed by atoms with Gasteiger partial charge in [0, 0.05) is 23.0 Å². The predicted molar refractivity (Wildman–Crippen MR) is 183 cm³/mol. The van der Waals surface area contributed by atoms with Crippen LogP contribution < -0.4 is 4.90 Å². The summed E-state index contributed by atoms with van der Waals surface area (Å²) in [6.07, 6.45) is 19.2. The highest BCUT2D eigenvalue weighted by Gasteiger charge is 2.31. The lowest BCUT2D eigenvalue weighted by Gasteiger charge is -2.34. The molecule has 1 unspecified atom stereocenters. The Morgan fingerprint density at radius 3 is 1.86 bits per heavy atom. The second-order valence-corrected chi connectivity index (χ2v) is 11.4. The number of hydrogen-bond donors (Lipinski definition) is 0. The predicted octanol–water partition coefficient (Wildman–Crippen LogP) is 11.1. The van der Waals surface area contributed by atoms with Crippen LogP contribution in [-0.4, -0.2) is 0 Å². The van der Waals surface area contributed by atoms with E-state index in [1.807, 2.05) is 0 Å². The van der Waals surface area contributed by atoms with Crippen molar-refractivity contribution in [3.63, 3.8) is 0 Å². The van der Waals surface area contributed by atoms with E-state index in [0.29, 0.717) is 5.92 Å². The summed E-state index contributed by atoms with van der Waals surface area (Å²) >= 11 is 0. The van der Waals surface area contributed by atoms with Gasteiger partial charge in [0.25, 0.3) is 0 Å². The normalized spacial score (nSPS) is 16.0. The molecule has 5 aromatic rings. The van der Waals surface area contributed by atoms with Gasteiger partial charge in [-0.05, 0) is 92.9 Å². The Labute approximate surface area is 253 Å². The molecule has 3 aliphatic carbocycles. The minimum atomic E-state index is 0.384. The quantitative estimate of drug-likeness (QED) is 0.190. The Morgan fingerprint density at radius 1 is 0.558 bits per heavy atom. The van der Waals surface area contributed by atoms with Crippen molar-refractivity contribution in [2.75, 3.05) is 4.90 Å². The summed E-state index contributed by atoms with van der Waals surface area (Å²) in [5, 5.41) is 0. The van der Waals surface area contributed by atoms with Crippen LogP contribution in [0.3, 0.4) is 0 Å². The van der Waals surface area contributed by atoms with Crippen molar-refractivity contribution in [3.8, 4) is 11.1 Å². The molecule has 0 saturated heterocycles. The lowest BCUT2D eigenvalue weighted by Crippen LogP contribution is -2.17. The summed E-state index contributed by atoms with van der Waals surface area (Å²) in [4.78, 5) is 2.29. The monoisotopic (exact) mass is 549 g/mol. The van der Waals surface area contributed by atoms with E-state index in [1.165, 1.54) is 50.1 Å². The molecule has 5 aromatic carbocycles. The zero-order valence-corrected chi connectivity index (χ0v) is 23.9. The third-order valence-electron chi connectivity index (χ3n) is 8.78. The number of nitrogens with zero attached hydrogens (tertiary/aromatic N) is 1. The Kier molecular flexibility index (Phi) is 6.35. The van der Waals surface area contributed by atoms with Gasteiger partial charge in [0.1, 0.15) is 0 Å². The first-order chi connectivity index (χ1) is 21.3. The van der Waals surface area contributed by atoms with Crippen molar-refractivity contribution < 1.29 is 0 Å². The van der Waals surface area contributed by atoms with Gasteiger partial charge in [0.15, 0.2) is 0 Å².